The van der Waals surface area contributed by atoms with E-state index in [0.29, 0.717) is 5.02 Å². The van der Waals surface area contributed by atoms with Crippen molar-refractivity contribution in [3.63, 3.8) is 0 Å². The van der Waals surface area contributed by atoms with Crippen molar-refractivity contribution in [2.75, 3.05) is 0 Å². The monoisotopic (exact) mass is 436 g/mol. The summed E-state index contributed by atoms with van der Waals surface area (Å²) in [4.78, 5) is 0. The standard InChI is InChI=1S/C24H18BrClO/c25-17-10-13-22(21(26)14-17)27-23-7-3-5-16-9-11-19-18-6-2-1-4-15(18)8-12-20(19)24(16)23/h1-2,4,6,8-14,23H,3,5,7H2. The largest absolute Gasteiger partial charge is 0.484 e. The van der Waals surface area contributed by atoms with Crippen molar-refractivity contribution in [1.82, 2.24) is 0 Å². The van der Waals surface area contributed by atoms with E-state index < -0.39 is 0 Å². The van der Waals surface area contributed by atoms with Gasteiger partial charge in [0.1, 0.15) is 11.9 Å². The van der Waals surface area contributed by atoms with Crippen molar-refractivity contribution in [3.05, 3.63) is 87.4 Å². The van der Waals surface area contributed by atoms with E-state index in [2.05, 4.69) is 64.5 Å². The van der Waals surface area contributed by atoms with Gasteiger partial charge >= 0.3 is 0 Å². The molecular weight excluding hydrogens is 420 g/mol. The topological polar surface area (TPSA) is 9.23 Å². The Kier molecular flexibility index (Phi) is 4.34. The summed E-state index contributed by atoms with van der Waals surface area (Å²) in [5.41, 5.74) is 2.71. The van der Waals surface area contributed by atoms with E-state index in [4.69, 9.17) is 16.3 Å². The van der Waals surface area contributed by atoms with Crippen LogP contribution in [0.4, 0.5) is 0 Å². The summed E-state index contributed by atoms with van der Waals surface area (Å²) in [6.45, 7) is 0. The summed E-state index contributed by atoms with van der Waals surface area (Å²) in [6.07, 6.45) is 3.26. The minimum Gasteiger partial charge on any atom is -0.484 e. The lowest BCUT2D eigenvalue weighted by Gasteiger charge is -2.28. The highest BCUT2D eigenvalue weighted by Gasteiger charge is 2.25. The third kappa shape index (κ3) is 3.01. The zero-order valence-electron chi connectivity index (χ0n) is 14.7. The van der Waals surface area contributed by atoms with Crippen LogP contribution < -0.4 is 4.74 Å². The van der Waals surface area contributed by atoms with Crippen LogP contribution in [-0.4, -0.2) is 0 Å². The highest BCUT2D eigenvalue weighted by molar-refractivity contribution is 9.10. The average molecular weight is 438 g/mol. The molecule has 1 aliphatic carbocycles. The number of rotatable bonds is 2. The Hall–Kier alpha value is -2.03. The van der Waals surface area contributed by atoms with Crippen molar-refractivity contribution in [2.24, 2.45) is 0 Å². The SMILES string of the molecule is Clc1cc(Br)ccc1OC1CCCc2ccc3c(ccc4ccccc43)c21. The molecule has 1 aliphatic rings. The molecule has 0 radical (unpaired) electrons. The zero-order valence-corrected chi connectivity index (χ0v) is 17.1. The summed E-state index contributed by atoms with van der Waals surface area (Å²) in [7, 11) is 0. The van der Waals surface area contributed by atoms with Crippen molar-refractivity contribution < 1.29 is 4.74 Å². The summed E-state index contributed by atoms with van der Waals surface area (Å²) in [5, 5.41) is 5.80. The van der Waals surface area contributed by atoms with Crippen LogP contribution in [0.15, 0.2) is 71.2 Å². The summed E-state index contributed by atoms with van der Waals surface area (Å²) >= 11 is 9.88. The molecule has 5 rings (SSSR count). The number of benzene rings is 4. The molecule has 3 heteroatoms. The zero-order chi connectivity index (χ0) is 18.4. The fourth-order valence-electron chi connectivity index (χ4n) is 4.22. The number of ether oxygens (including phenoxy) is 1. The molecule has 0 N–H and O–H groups in total. The molecule has 134 valence electrons. The van der Waals surface area contributed by atoms with Gasteiger partial charge in [-0.3, -0.25) is 0 Å². The Bertz CT molecular complexity index is 1170. The van der Waals surface area contributed by atoms with Crippen LogP contribution in [0, 0.1) is 0 Å². The molecule has 4 aromatic carbocycles. The molecule has 0 saturated heterocycles. The van der Waals surface area contributed by atoms with E-state index in [-0.39, 0.29) is 6.10 Å². The van der Waals surface area contributed by atoms with E-state index in [1.165, 1.54) is 32.7 Å². The van der Waals surface area contributed by atoms with E-state index in [9.17, 15) is 0 Å². The van der Waals surface area contributed by atoms with Gasteiger partial charge in [-0.25, -0.2) is 0 Å². The lowest BCUT2D eigenvalue weighted by Crippen LogP contribution is -2.16. The lowest BCUT2D eigenvalue weighted by molar-refractivity contribution is 0.185. The van der Waals surface area contributed by atoms with Crippen LogP contribution in [0.25, 0.3) is 21.5 Å². The second-order valence-electron chi connectivity index (χ2n) is 7.09. The first-order valence-corrected chi connectivity index (χ1v) is 10.4. The number of fused-ring (bicyclic) bond motifs is 5. The van der Waals surface area contributed by atoms with Gasteiger partial charge < -0.3 is 4.74 Å². The van der Waals surface area contributed by atoms with Gasteiger partial charge in [0.15, 0.2) is 0 Å². The van der Waals surface area contributed by atoms with Gasteiger partial charge in [0.2, 0.25) is 0 Å². The molecule has 1 nitrogen and oxygen atoms in total. The molecule has 0 aliphatic heterocycles. The van der Waals surface area contributed by atoms with E-state index in [1.807, 2.05) is 18.2 Å². The van der Waals surface area contributed by atoms with Gasteiger partial charge in [-0.1, -0.05) is 76.1 Å². The second-order valence-corrected chi connectivity index (χ2v) is 8.42. The molecule has 0 saturated carbocycles. The Labute approximate surface area is 172 Å². The maximum absolute atomic E-state index is 6.43. The summed E-state index contributed by atoms with van der Waals surface area (Å²) in [6, 6.07) is 23.4. The van der Waals surface area contributed by atoms with E-state index in [1.54, 1.807) is 0 Å². The third-order valence-corrected chi connectivity index (χ3v) is 6.24. The minimum atomic E-state index is 0.0253. The first-order chi connectivity index (χ1) is 13.2. The van der Waals surface area contributed by atoms with Crippen LogP contribution in [0.5, 0.6) is 5.75 Å². The first kappa shape index (κ1) is 17.1. The van der Waals surface area contributed by atoms with Crippen LogP contribution in [-0.2, 0) is 6.42 Å². The molecule has 0 fully saturated rings. The predicted octanol–water partition coefficient (Wildman–Crippen LogP) is 7.87. The molecule has 4 aromatic rings. The molecule has 0 aromatic heterocycles. The van der Waals surface area contributed by atoms with Gasteiger partial charge in [0.05, 0.1) is 5.02 Å². The Morgan fingerprint density at radius 2 is 1.74 bits per heavy atom. The predicted molar refractivity (Wildman–Crippen MR) is 117 cm³/mol. The molecule has 0 bridgehead atoms. The maximum atomic E-state index is 6.43. The van der Waals surface area contributed by atoms with Crippen LogP contribution >= 0.6 is 27.5 Å². The minimum absolute atomic E-state index is 0.0253. The molecule has 0 spiro atoms. The average Bonchev–Trinajstić information content (AvgIpc) is 2.69. The maximum Gasteiger partial charge on any atom is 0.138 e. The molecule has 1 atom stereocenters. The van der Waals surface area contributed by atoms with E-state index >= 15 is 0 Å². The van der Waals surface area contributed by atoms with Crippen molar-refractivity contribution >= 4 is 49.1 Å². The van der Waals surface area contributed by atoms with Gasteiger partial charge in [0.25, 0.3) is 0 Å². The lowest BCUT2D eigenvalue weighted by atomic mass is 9.84. The van der Waals surface area contributed by atoms with Crippen LogP contribution in [0.1, 0.15) is 30.1 Å². The van der Waals surface area contributed by atoms with E-state index in [0.717, 1.165) is 29.5 Å². The third-order valence-electron chi connectivity index (χ3n) is 5.46. The quantitative estimate of drug-likeness (QED) is 0.290. The fourth-order valence-corrected chi connectivity index (χ4v) is 4.94. The van der Waals surface area contributed by atoms with Crippen molar-refractivity contribution in [2.45, 2.75) is 25.4 Å². The Balaban J connectivity index is 1.67. The Morgan fingerprint density at radius 1 is 0.889 bits per heavy atom. The molecule has 1 unspecified atom stereocenters. The normalized spacial score (nSPS) is 16.4. The highest BCUT2D eigenvalue weighted by Crippen LogP contribution is 2.41. The molecular formula is C24H18BrClO. The fraction of sp³-hybridized carbons (Fsp3) is 0.167. The van der Waals surface area contributed by atoms with Crippen LogP contribution in [0.2, 0.25) is 5.02 Å². The van der Waals surface area contributed by atoms with Gasteiger partial charge in [-0.05, 0) is 64.6 Å². The summed E-state index contributed by atoms with van der Waals surface area (Å²) in [5.74, 6) is 0.746. The summed E-state index contributed by atoms with van der Waals surface area (Å²) < 4.78 is 7.39. The van der Waals surface area contributed by atoms with Crippen molar-refractivity contribution in [3.8, 4) is 5.75 Å². The molecule has 0 heterocycles. The number of hydrogen-bond donors (Lipinski definition) is 0. The number of hydrogen-bond acceptors (Lipinski definition) is 1. The Morgan fingerprint density at radius 3 is 2.63 bits per heavy atom. The smallest absolute Gasteiger partial charge is 0.138 e. The highest BCUT2D eigenvalue weighted by atomic mass is 79.9. The molecule has 27 heavy (non-hydrogen) atoms. The number of aryl methyl sites for hydroxylation is 1. The van der Waals surface area contributed by atoms with Gasteiger partial charge in [0, 0.05) is 10.0 Å². The molecule has 0 amide bonds. The number of halogens is 2. The first-order valence-electron chi connectivity index (χ1n) is 9.26. The van der Waals surface area contributed by atoms with Gasteiger partial charge in [-0.2, -0.15) is 0 Å². The van der Waals surface area contributed by atoms with Crippen molar-refractivity contribution in [1.29, 1.82) is 0 Å². The van der Waals surface area contributed by atoms with Gasteiger partial charge in [-0.15, -0.1) is 0 Å². The second kappa shape index (κ2) is 6.85. The van der Waals surface area contributed by atoms with Crippen LogP contribution in [0.3, 0.4) is 0 Å².